The Bertz CT molecular complexity index is 847. The Labute approximate surface area is 185 Å². The number of epoxide rings is 1. The molecule has 0 aromatic rings. The summed E-state index contributed by atoms with van der Waals surface area (Å²) in [5.74, 6) is 1.74. The summed E-state index contributed by atoms with van der Waals surface area (Å²) in [6.45, 7) is 14.2. The molecule has 5 rings (SSSR count). The minimum atomic E-state index is -0.372. The highest BCUT2D eigenvalue weighted by molar-refractivity contribution is 5.66. The molecule has 31 heavy (non-hydrogen) atoms. The highest BCUT2D eigenvalue weighted by Gasteiger charge is 2.78. The van der Waals surface area contributed by atoms with Gasteiger partial charge in [-0.25, -0.2) is 4.79 Å². The maximum Gasteiger partial charge on any atom is 0.418 e. The van der Waals surface area contributed by atoms with Gasteiger partial charge in [-0.1, -0.05) is 32.1 Å². The zero-order valence-corrected chi connectivity index (χ0v) is 19.2. The van der Waals surface area contributed by atoms with Gasteiger partial charge in [0.15, 0.2) is 0 Å². The third kappa shape index (κ3) is 2.77. The predicted octanol–water partition coefficient (Wildman–Crippen LogP) is 4.66. The lowest BCUT2D eigenvalue weighted by Crippen LogP contribution is -2.53. The third-order valence-corrected chi connectivity index (χ3v) is 10.0. The third-order valence-electron chi connectivity index (χ3n) is 10.0. The van der Waals surface area contributed by atoms with Crippen molar-refractivity contribution in [1.29, 1.82) is 0 Å². The van der Waals surface area contributed by atoms with E-state index < -0.39 is 0 Å². The first-order valence-electron chi connectivity index (χ1n) is 11.9. The van der Waals surface area contributed by atoms with E-state index in [0.29, 0.717) is 17.8 Å². The minimum absolute atomic E-state index is 0.0348. The molecule has 1 radical (unpaired) electrons. The first-order chi connectivity index (χ1) is 14.7. The quantitative estimate of drug-likeness (QED) is 0.363. The van der Waals surface area contributed by atoms with Crippen LogP contribution in [-0.4, -0.2) is 36.4 Å². The van der Waals surface area contributed by atoms with Crippen LogP contribution in [0.4, 0.5) is 0 Å². The highest BCUT2D eigenvalue weighted by Crippen LogP contribution is 2.75. The Balaban J connectivity index is 1.40. The van der Waals surface area contributed by atoms with Crippen LogP contribution in [0.3, 0.4) is 0 Å². The number of rotatable bonds is 5. The van der Waals surface area contributed by atoms with Crippen molar-refractivity contribution in [3.8, 4) is 0 Å². The van der Waals surface area contributed by atoms with Gasteiger partial charge in [-0.05, 0) is 74.2 Å². The highest BCUT2D eigenvalue weighted by atomic mass is 16.6. The van der Waals surface area contributed by atoms with Gasteiger partial charge in [-0.3, -0.25) is 4.79 Å². The molecule has 4 aliphatic carbocycles. The van der Waals surface area contributed by atoms with Gasteiger partial charge in [0.1, 0.15) is 17.8 Å². The van der Waals surface area contributed by atoms with E-state index in [1.54, 1.807) is 6.47 Å². The summed E-state index contributed by atoms with van der Waals surface area (Å²) in [7, 11) is 0. The summed E-state index contributed by atoms with van der Waals surface area (Å²) in [6, 6.07) is 0. The van der Waals surface area contributed by atoms with Crippen LogP contribution in [0.5, 0.6) is 0 Å². The molecule has 5 aliphatic rings. The second-order valence-electron chi connectivity index (χ2n) is 11.1. The molecule has 0 aromatic heterocycles. The Kier molecular flexibility index (Phi) is 4.75. The first-order valence-corrected chi connectivity index (χ1v) is 11.9. The summed E-state index contributed by atoms with van der Waals surface area (Å²) in [4.78, 5) is 22.2. The van der Waals surface area contributed by atoms with Gasteiger partial charge < -0.3 is 14.2 Å². The van der Waals surface area contributed by atoms with Crippen LogP contribution < -0.4 is 0 Å². The van der Waals surface area contributed by atoms with Crippen LogP contribution in [0.25, 0.3) is 0 Å². The predicted molar refractivity (Wildman–Crippen MR) is 116 cm³/mol. The summed E-state index contributed by atoms with van der Waals surface area (Å²) in [6.07, 6.45) is 9.76. The maximum atomic E-state index is 11.5. The number of fused-ring (bicyclic) bond motifs is 7. The summed E-state index contributed by atoms with van der Waals surface area (Å²) in [5, 5.41) is 0. The molecule has 0 aromatic carbocycles. The van der Waals surface area contributed by atoms with Crippen LogP contribution in [0.2, 0.25) is 0 Å². The molecule has 4 fully saturated rings. The van der Waals surface area contributed by atoms with Gasteiger partial charge in [0, 0.05) is 18.8 Å². The van der Waals surface area contributed by atoms with E-state index in [1.165, 1.54) is 18.9 Å². The van der Waals surface area contributed by atoms with Crippen molar-refractivity contribution in [2.45, 2.75) is 96.6 Å². The van der Waals surface area contributed by atoms with Crippen LogP contribution >= 0.6 is 0 Å². The molecule has 4 unspecified atom stereocenters. The summed E-state index contributed by atoms with van der Waals surface area (Å²) in [5.41, 5.74) is 2.31. The Morgan fingerprint density at radius 3 is 2.77 bits per heavy atom. The van der Waals surface area contributed by atoms with Crippen molar-refractivity contribution in [2.24, 2.45) is 28.6 Å². The van der Waals surface area contributed by atoms with Crippen molar-refractivity contribution >= 4 is 12.4 Å². The van der Waals surface area contributed by atoms with Crippen molar-refractivity contribution in [3.05, 3.63) is 23.8 Å². The van der Waals surface area contributed by atoms with Crippen molar-refractivity contribution in [3.63, 3.8) is 0 Å². The molecule has 0 spiro atoms. The molecule has 5 heteroatoms. The van der Waals surface area contributed by atoms with Crippen molar-refractivity contribution < 1.29 is 23.8 Å². The summed E-state index contributed by atoms with van der Waals surface area (Å²) >= 11 is 0. The monoisotopic (exact) mass is 427 g/mol. The summed E-state index contributed by atoms with van der Waals surface area (Å²) < 4.78 is 17.0. The minimum Gasteiger partial charge on any atom is -0.462 e. The topological polar surface area (TPSA) is 65.1 Å². The van der Waals surface area contributed by atoms with Crippen LogP contribution in [0.1, 0.15) is 72.6 Å². The van der Waals surface area contributed by atoms with E-state index in [4.69, 9.17) is 14.2 Å². The Hall–Kier alpha value is -1.62. The van der Waals surface area contributed by atoms with Crippen LogP contribution in [0, 0.1) is 28.6 Å². The van der Waals surface area contributed by atoms with Gasteiger partial charge in [-0.2, -0.15) is 0 Å². The number of hydrogen-bond donors (Lipinski definition) is 0. The molecular formula is C26H35O5. The molecular weight excluding hydrogens is 392 g/mol. The SMILES string of the molecule is C=C(C(C)O[C]=O)[C@@]12O[C@@H]1CC1C3CC=C4C[C@@H](OC(C)=O)CC[C@]4(C)C3CC[C@@]12C. The molecule has 1 aliphatic heterocycles. The van der Waals surface area contributed by atoms with E-state index in [0.717, 1.165) is 44.1 Å². The lowest BCUT2D eigenvalue weighted by molar-refractivity contribution is -0.148. The fourth-order valence-electron chi connectivity index (χ4n) is 8.41. The van der Waals surface area contributed by atoms with E-state index in [1.807, 2.05) is 6.92 Å². The van der Waals surface area contributed by atoms with E-state index in [-0.39, 0.29) is 40.7 Å². The normalized spacial score (nSPS) is 48.1. The van der Waals surface area contributed by atoms with Gasteiger partial charge >= 0.3 is 12.4 Å². The average Bonchev–Trinajstić information content (AvgIpc) is 3.39. The molecule has 1 saturated heterocycles. The van der Waals surface area contributed by atoms with E-state index in [2.05, 4.69) is 26.5 Å². The Morgan fingerprint density at radius 2 is 2.06 bits per heavy atom. The number of carbonyl (C=O) groups excluding carboxylic acids is 2. The first kappa shape index (κ1) is 21.2. The fourth-order valence-corrected chi connectivity index (χ4v) is 8.41. The second kappa shape index (κ2) is 6.94. The smallest absolute Gasteiger partial charge is 0.418 e. The average molecular weight is 428 g/mol. The zero-order chi connectivity index (χ0) is 22.2. The van der Waals surface area contributed by atoms with Gasteiger partial charge in [0.2, 0.25) is 0 Å². The van der Waals surface area contributed by atoms with Crippen LogP contribution in [0.15, 0.2) is 23.8 Å². The van der Waals surface area contributed by atoms with E-state index in [9.17, 15) is 9.59 Å². The Morgan fingerprint density at radius 1 is 1.29 bits per heavy atom. The zero-order valence-electron chi connectivity index (χ0n) is 19.2. The molecule has 9 atom stereocenters. The molecule has 0 amide bonds. The molecule has 0 bridgehead atoms. The molecule has 0 N–H and O–H groups in total. The second-order valence-corrected chi connectivity index (χ2v) is 11.1. The van der Waals surface area contributed by atoms with Crippen molar-refractivity contribution in [1.82, 2.24) is 0 Å². The standard InChI is InChI=1S/C26H35O5/c1-15(16(2)29-14-27)26-23(31-26)13-22-20-7-6-18-12-19(30-17(3)28)8-10-24(18,4)21(20)9-11-25(22,26)5/h6,16,19-23H,1,7-13H2,2-5H3/t16?,19-,20?,21?,22?,23+,24-,25-,26+/m0/s1. The van der Waals surface area contributed by atoms with Gasteiger partial charge in [-0.15, -0.1) is 0 Å². The molecule has 5 nitrogen and oxygen atoms in total. The largest absolute Gasteiger partial charge is 0.462 e. The van der Waals surface area contributed by atoms with Gasteiger partial charge in [0.25, 0.3) is 0 Å². The number of esters is 1. The van der Waals surface area contributed by atoms with Crippen LogP contribution in [-0.2, 0) is 23.8 Å². The molecule has 3 saturated carbocycles. The number of carbonyl (C=O) groups is 1. The lowest BCUT2D eigenvalue weighted by Gasteiger charge is -2.58. The van der Waals surface area contributed by atoms with Crippen molar-refractivity contribution in [2.75, 3.05) is 0 Å². The fraction of sp³-hybridized carbons (Fsp3) is 0.769. The van der Waals surface area contributed by atoms with E-state index >= 15 is 0 Å². The number of hydrogen-bond acceptors (Lipinski definition) is 5. The lowest BCUT2D eigenvalue weighted by atomic mass is 9.46. The molecule has 169 valence electrons. The maximum absolute atomic E-state index is 11.5. The number of allylic oxidation sites excluding steroid dienone is 1. The molecule has 1 heterocycles. The van der Waals surface area contributed by atoms with Gasteiger partial charge in [0.05, 0.1) is 6.10 Å². The number of ether oxygens (including phenoxy) is 3.